The van der Waals surface area contributed by atoms with Gasteiger partial charge in [0.05, 0.1) is 5.69 Å². The predicted octanol–water partition coefficient (Wildman–Crippen LogP) is 2.65. The van der Waals surface area contributed by atoms with Crippen molar-refractivity contribution in [3.63, 3.8) is 0 Å². The molecule has 0 saturated carbocycles. The summed E-state index contributed by atoms with van der Waals surface area (Å²) >= 11 is 0. The van der Waals surface area contributed by atoms with Gasteiger partial charge in [0.15, 0.2) is 5.82 Å². The lowest BCUT2D eigenvalue weighted by Crippen LogP contribution is -2.24. The third-order valence-corrected chi connectivity index (χ3v) is 5.05. The Morgan fingerprint density at radius 1 is 1.17 bits per heavy atom. The molecular formula is C21H22N6O2. The second-order valence-corrected chi connectivity index (χ2v) is 7.21. The first-order chi connectivity index (χ1) is 14.0. The van der Waals surface area contributed by atoms with E-state index in [1.165, 1.54) is 0 Å². The zero-order chi connectivity index (χ0) is 20.4. The molecule has 0 radical (unpaired) electrons. The first-order valence-corrected chi connectivity index (χ1v) is 9.55. The molecule has 1 N–H and O–H groups in total. The van der Waals surface area contributed by atoms with E-state index in [9.17, 15) is 9.59 Å². The normalized spacial score (nSPS) is 13.7. The van der Waals surface area contributed by atoms with E-state index in [4.69, 9.17) is 0 Å². The minimum absolute atomic E-state index is 0.171. The summed E-state index contributed by atoms with van der Waals surface area (Å²) in [4.78, 5) is 26.5. The first kappa shape index (κ1) is 18.8. The molecule has 4 rings (SSSR count). The smallest absolute Gasteiger partial charge is 0.255 e. The molecule has 1 saturated heterocycles. The Bertz CT molecular complexity index is 1070. The summed E-state index contributed by atoms with van der Waals surface area (Å²) in [5.41, 5.74) is 3.96. The number of nitrogens with zero attached hydrogens (tertiary/aromatic N) is 5. The number of amides is 2. The molecule has 2 amide bonds. The number of carbonyl (C=O) groups excluding carboxylic acids is 2. The van der Waals surface area contributed by atoms with Crippen LogP contribution in [0.25, 0.3) is 5.69 Å². The fraction of sp³-hybridized carbons (Fsp3) is 0.286. The van der Waals surface area contributed by atoms with Crippen LogP contribution in [-0.4, -0.2) is 43.5 Å². The van der Waals surface area contributed by atoms with Crippen molar-refractivity contribution >= 4 is 17.5 Å². The molecule has 0 atom stereocenters. The van der Waals surface area contributed by atoms with Gasteiger partial charge in [-0.1, -0.05) is 18.2 Å². The van der Waals surface area contributed by atoms with E-state index >= 15 is 0 Å². The number of aromatic nitrogens is 4. The van der Waals surface area contributed by atoms with Crippen molar-refractivity contribution in [1.82, 2.24) is 25.1 Å². The van der Waals surface area contributed by atoms with Crippen LogP contribution in [0.15, 0.2) is 42.5 Å². The van der Waals surface area contributed by atoms with Gasteiger partial charge in [0.2, 0.25) is 5.91 Å². The molecule has 0 aliphatic carbocycles. The van der Waals surface area contributed by atoms with Crippen LogP contribution in [-0.2, 0) is 11.3 Å². The summed E-state index contributed by atoms with van der Waals surface area (Å²) in [6.07, 6.45) is 1.51. The molecule has 2 heterocycles. The van der Waals surface area contributed by atoms with Crippen molar-refractivity contribution in [2.24, 2.45) is 0 Å². The number of likely N-dealkylation sites (tertiary alicyclic amines) is 1. The predicted molar refractivity (Wildman–Crippen MR) is 108 cm³/mol. The van der Waals surface area contributed by atoms with Crippen LogP contribution in [0.5, 0.6) is 0 Å². The summed E-state index contributed by atoms with van der Waals surface area (Å²) in [5.74, 6) is 0.633. The molecular weight excluding hydrogens is 368 g/mol. The summed E-state index contributed by atoms with van der Waals surface area (Å²) in [7, 11) is 0. The number of benzene rings is 2. The molecule has 1 aromatic heterocycles. The largest absolute Gasteiger partial charge is 0.338 e. The summed E-state index contributed by atoms with van der Waals surface area (Å²) in [5, 5.41) is 14.5. The van der Waals surface area contributed by atoms with E-state index in [-0.39, 0.29) is 11.8 Å². The zero-order valence-corrected chi connectivity index (χ0v) is 16.4. The third kappa shape index (κ3) is 4.01. The highest BCUT2D eigenvalue weighted by molar-refractivity contribution is 6.04. The van der Waals surface area contributed by atoms with Gasteiger partial charge in [-0.05, 0) is 66.1 Å². The van der Waals surface area contributed by atoms with Crippen molar-refractivity contribution in [2.45, 2.75) is 33.2 Å². The maximum atomic E-state index is 12.8. The van der Waals surface area contributed by atoms with Gasteiger partial charge in [0.1, 0.15) is 0 Å². The van der Waals surface area contributed by atoms with Gasteiger partial charge >= 0.3 is 0 Å². The third-order valence-electron chi connectivity index (χ3n) is 5.05. The lowest BCUT2D eigenvalue weighted by atomic mass is 10.1. The Morgan fingerprint density at radius 3 is 2.76 bits per heavy atom. The SMILES string of the molecule is Cc1ccc(NC(=O)c2cccc(CN3CCCC3=O)c2)cc1-n1nnnc1C. The Labute approximate surface area is 168 Å². The second kappa shape index (κ2) is 7.83. The molecule has 8 heteroatoms. The van der Waals surface area contributed by atoms with E-state index in [0.717, 1.165) is 29.8 Å². The number of aryl methyl sites for hydroxylation is 2. The highest BCUT2D eigenvalue weighted by Crippen LogP contribution is 2.21. The molecule has 2 aromatic carbocycles. The molecule has 0 unspecified atom stereocenters. The minimum Gasteiger partial charge on any atom is -0.338 e. The van der Waals surface area contributed by atoms with E-state index in [1.54, 1.807) is 10.7 Å². The van der Waals surface area contributed by atoms with Crippen LogP contribution in [0.3, 0.4) is 0 Å². The van der Waals surface area contributed by atoms with E-state index < -0.39 is 0 Å². The van der Waals surface area contributed by atoms with Gasteiger partial charge < -0.3 is 10.2 Å². The number of rotatable bonds is 5. The van der Waals surface area contributed by atoms with E-state index in [1.807, 2.05) is 55.1 Å². The van der Waals surface area contributed by atoms with Crippen LogP contribution < -0.4 is 5.32 Å². The van der Waals surface area contributed by atoms with Crippen LogP contribution in [0.2, 0.25) is 0 Å². The van der Waals surface area contributed by atoms with Crippen molar-refractivity contribution in [1.29, 1.82) is 0 Å². The van der Waals surface area contributed by atoms with Crippen molar-refractivity contribution in [3.8, 4) is 5.69 Å². The fourth-order valence-corrected chi connectivity index (χ4v) is 3.48. The van der Waals surface area contributed by atoms with E-state index in [0.29, 0.717) is 30.0 Å². The molecule has 1 aliphatic rings. The number of anilines is 1. The number of nitrogens with one attached hydrogen (secondary N) is 1. The highest BCUT2D eigenvalue weighted by atomic mass is 16.2. The Kier molecular flexibility index (Phi) is 5.07. The molecule has 0 bridgehead atoms. The number of hydrogen-bond acceptors (Lipinski definition) is 5. The molecule has 3 aromatic rings. The van der Waals surface area contributed by atoms with Gasteiger partial charge in [0, 0.05) is 30.8 Å². The molecule has 148 valence electrons. The molecule has 29 heavy (non-hydrogen) atoms. The molecule has 0 spiro atoms. The average molecular weight is 390 g/mol. The Hall–Kier alpha value is -3.55. The Morgan fingerprint density at radius 2 is 2.03 bits per heavy atom. The molecule has 1 aliphatic heterocycles. The molecule has 1 fully saturated rings. The van der Waals surface area contributed by atoms with Crippen LogP contribution >= 0.6 is 0 Å². The standard InChI is InChI=1S/C21H22N6O2/c1-14-8-9-18(12-19(14)27-15(2)23-24-25-27)22-21(29)17-6-3-5-16(11-17)13-26-10-4-7-20(26)28/h3,5-6,8-9,11-12H,4,7,10,13H2,1-2H3,(H,22,29). The summed E-state index contributed by atoms with van der Waals surface area (Å²) in [6, 6.07) is 13.0. The highest BCUT2D eigenvalue weighted by Gasteiger charge is 2.20. The monoisotopic (exact) mass is 390 g/mol. The Balaban J connectivity index is 1.52. The van der Waals surface area contributed by atoms with Gasteiger partial charge in [-0.15, -0.1) is 5.10 Å². The number of hydrogen-bond donors (Lipinski definition) is 1. The second-order valence-electron chi connectivity index (χ2n) is 7.21. The van der Waals surface area contributed by atoms with Crippen LogP contribution in [0.1, 0.15) is 40.2 Å². The number of carbonyl (C=O) groups is 2. The van der Waals surface area contributed by atoms with Crippen molar-refractivity contribution in [3.05, 3.63) is 65.0 Å². The quantitative estimate of drug-likeness (QED) is 0.723. The van der Waals surface area contributed by atoms with Crippen molar-refractivity contribution < 1.29 is 9.59 Å². The maximum absolute atomic E-state index is 12.8. The van der Waals surface area contributed by atoms with Gasteiger partial charge in [0.25, 0.3) is 5.91 Å². The summed E-state index contributed by atoms with van der Waals surface area (Å²) in [6.45, 7) is 5.09. The van der Waals surface area contributed by atoms with Crippen LogP contribution in [0, 0.1) is 13.8 Å². The summed E-state index contributed by atoms with van der Waals surface area (Å²) < 4.78 is 1.64. The van der Waals surface area contributed by atoms with Gasteiger partial charge in [-0.25, -0.2) is 0 Å². The van der Waals surface area contributed by atoms with Gasteiger partial charge in [-0.3, -0.25) is 9.59 Å². The lowest BCUT2D eigenvalue weighted by Gasteiger charge is -2.16. The zero-order valence-electron chi connectivity index (χ0n) is 16.4. The fourth-order valence-electron chi connectivity index (χ4n) is 3.48. The first-order valence-electron chi connectivity index (χ1n) is 9.55. The van der Waals surface area contributed by atoms with Crippen LogP contribution in [0.4, 0.5) is 5.69 Å². The molecule has 8 nitrogen and oxygen atoms in total. The maximum Gasteiger partial charge on any atom is 0.255 e. The number of tetrazole rings is 1. The van der Waals surface area contributed by atoms with E-state index in [2.05, 4.69) is 20.8 Å². The lowest BCUT2D eigenvalue weighted by molar-refractivity contribution is -0.128. The minimum atomic E-state index is -0.206. The van der Waals surface area contributed by atoms with Gasteiger partial charge in [-0.2, -0.15) is 4.68 Å². The topological polar surface area (TPSA) is 93.0 Å². The van der Waals surface area contributed by atoms with Crippen molar-refractivity contribution in [2.75, 3.05) is 11.9 Å². The average Bonchev–Trinajstić information content (AvgIpc) is 3.32.